The molecule has 0 unspecified atom stereocenters. The quantitative estimate of drug-likeness (QED) is 0.735. The minimum absolute atomic E-state index is 0.105. The van der Waals surface area contributed by atoms with Gasteiger partial charge < -0.3 is 11.1 Å². The van der Waals surface area contributed by atoms with Gasteiger partial charge in [0, 0.05) is 24.8 Å². The normalized spacial score (nSPS) is 11.9. The third kappa shape index (κ3) is 3.36. The number of carbonyl (C=O) groups is 1. The lowest BCUT2D eigenvalue weighted by molar-refractivity contribution is -0.120. The molecule has 4 N–H and O–H groups in total. The first-order chi connectivity index (χ1) is 11.2. The highest BCUT2D eigenvalue weighted by molar-refractivity contribution is 5.84. The van der Waals surface area contributed by atoms with Crippen LogP contribution in [0.3, 0.4) is 0 Å². The molecule has 0 fully saturated rings. The van der Waals surface area contributed by atoms with Gasteiger partial charge >= 0.3 is 0 Å². The second kappa shape index (κ2) is 6.76. The molecule has 0 radical (unpaired) electrons. The highest BCUT2D eigenvalue weighted by atomic mass is 16.1. The SMILES string of the molecule is CCC(N)(CC)CNC(=O)Cc1c(C)nc2c(c1C)c(=O)[nH]n2C. The Hall–Kier alpha value is -2.15. The number of H-pyrrole nitrogens is 1. The highest BCUT2D eigenvalue weighted by Gasteiger charge is 2.22. The molecule has 0 aliphatic rings. The van der Waals surface area contributed by atoms with Crippen LogP contribution in [0.25, 0.3) is 11.0 Å². The Morgan fingerprint density at radius 1 is 1.33 bits per heavy atom. The van der Waals surface area contributed by atoms with Gasteiger partial charge in [0.15, 0.2) is 5.65 Å². The molecule has 2 aromatic heterocycles. The molecule has 24 heavy (non-hydrogen) atoms. The summed E-state index contributed by atoms with van der Waals surface area (Å²) in [6.45, 7) is 8.20. The molecule has 2 rings (SSSR count). The van der Waals surface area contributed by atoms with Crippen LogP contribution >= 0.6 is 0 Å². The molecule has 7 heteroatoms. The van der Waals surface area contributed by atoms with Gasteiger partial charge in [-0.15, -0.1) is 0 Å². The van der Waals surface area contributed by atoms with E-state index < -0.39 is 0 Å². The Morgan fingerprint density at radius 2 is 1.96 bits per heavy atom. The minimum Gasteiger partial charge on any atom is -0.354 e. The van der Waals surface area contributed by atoms with Crippen LogP contribution in [-0.2, 0) is 18.3 Å². The molecule has 0 saturated carbocycles. The summed E-state index contributed by atoms with van der Waals surface area (Å²) in [6, 6.07) is 0. The van der Waals surface area contributed by atoms with Gasteiger partial charge in [-0.05, 0) is 37.8 Å². The second-order valence-electron chi connectivity index (χ2n) is 6.52. The molecule has 1 amide bonds. The van der Waals surface area contributed by atoms with E-state index >= 15 is 0 Å². The van der Waals surface area contributed by atoms with E-state index in [1.54, 1.807) is 11.7 Å². The number of carbonyl (C=O) groups excluding carboxylic acids is 1. The average Bonchev–Trinajstić information content (AvgIpc) is 2.83. The van der Waals surface area contributed by atoms with Crippen LogP contribution in [0.1, 0.15) is 43.5 Å². The number of hydrogen-bond acceptors (Lipinski definition) is 4. The van der Waals surface area contributed by atoms with Gasteiger partial charge in [-0.1, -0.05) is 13.8 Å². The fourth-order valence-corrected chi connectivity index (χ4v) is 2.91. The van der Waals surface area contributed by atoms with Crippen molar-refractivity contribution in [3.8, 4) is 0 Å². The molecule has 0 aliphatic heterocycles. The van der Waals surface area contributed by atoms with Crippen LogP contribution < -0.4 is 16.6 Å². The van der Waals surface area contributed by atoms with Crippen molar-refractivity contribution in [3.63, 3.8) is 0 Å². The van der Waals surface area contributed by atoms with Gasteiger partial charge in [0.05, 0.1) is 11.8 Å². The standard InChI is InChI=1S/C17H27N5O2/c1-6-17(18,7-2)9-19-13(23)8-12-10(3)14-15(20-11(12)4)22(5)21-16(14)24/h6-9,18H2,1-5H3,(H,19,23)(H,21,24). The molecule has 0 spiro atoms. The number of nitrogens with zero attached hydrogens (tertiary/aromatic N) is 2. The molecule has 0 aliphatic carbocycles. The Labute approximate surface area is 141 Å². The zero-order valence-corrected chi connectivity index (χ0v) is 15.1. The summed E-state index contributed by atoms with van der Waals surface area (Å²) >= 11 is 0. The van der Waals surface area contributed by atoms with Crippen LogP contribution in [-0.4, -0.2) is 32.8 Å². The Kier molecular flexibility index (Phi) is 5.13. The zero-order chi connectivity index (χ0) is 18.1. The predicted octanol–water partition coefficient (Wildman–Crippen LogP) is 1.05. The molecule has 0 saturated heterocycles. The largest absolute Gasteiger partial charge is 0.354 e. The van der Waals surface area contributed by atoms with Crippen LogP contribution in [0, 0.1) is 13.8 Å². The number of rotatable bonds is 6. The molecular weight excluding hydrogens is 306 g/mol. The number of amides is 1. The maximum atomic E-state index is 12.3. The van der Waals surface area contributed by atoms with E-state index in [-0.39, 0.29) is 23.4 Å². The number of fused-ring (bicyclic) bond motifs is 1. The molecule has 0 aromatic carbocycles. The smallest absolute Gasteiger partial charge is 0.273 e. The van der Waals surface area contributed by atoms with Gasteiger partial charge in [0.2, 0.25) is 5.91 Å². The maximum Gasteiger partial charge on any atom is 0.273 e. The number of aromatic amines is 1. The van der Waals surface area contributed by atoms with Crippen molar-refractivity contribution in [2.45, 2.75) is 52.5 Å². The number of hydrogen-bond donors (Lipinski definition) is 3. The topological polar surface area (TPSA) is 106 Å². The average molecular weight is 333 g/mol. The molecule has 2 heterocycles. The zero-order valence-electron chi connectivity index (χ0n) is 15.1. The number of aryl methyl sites for hydroxylation is 3. The lowest BCUT2D eigenvalue weighted by atomic mass is 9.94. The predicted molar refractivity (Wildman–Crippen MR) is 95.0 cm³/mol. The van der Waals surface area contributed by atoms with E-state index in [1.165, 1.54) is 0 Å². The Morgan fingerprint density at radius 3 is 2.54 bits per heavy atom. The summed E-state index contributed by atoms with van der Waals surface area (Å²) in [6.07, 6.45) is 1.79. The second-order valence-corrected chi connectivity index (χ2v) is 6.52. The summed E-state index contributed by atoms with van der Waals surface area (Å²) in [5.41, 5.74) is 8.63. The number of aromatic nitrogens is 3. The molecule has 0 atom stereocenters. The lowest BCUT2D eigenvalue weighted by Crippen LogP contribution is -2.49. The van der Waals surface area contributed by atoms with E-state index in [9.17, 15) is 9.59 Å². The van der Waals surface area contributed by atoms with E-state index in [4.69, 9.17) is 5.73 Å². The summed E-state index contributed by atoms with van der Waals surface area (Å²) in [5.74, 6) is -0.105. The van der Waals surface area contributed by atoms with Gasteiger partial charge in [-0.2, -0.15) is 0 Å². The van der Waals surface area contributed by atoms with Gasteiger partial charge in [0.1, 0.15) is 0 Å². The third-order valence-electron chi connectivity index (χ3n) is 4.96. The Bertz CT molecular complexity index is 814. The van der Waals surface area contributed by atoms with Crippen molar-refractivity contribution in [3.05, 3.63) is 27.2 Å². The van der Waals surface area contributed by atoms with Gasteiger partial charge in [-0.3, -0.25) is 19.4 Å². The van der Waals surface area contributed by atoms with Crippen molar-refractivity contribution in [2.24, 2.45) is 12.8 Å². The summed E-state index contributed by atoms with van der Waals surface area (Å²) in [4.78, 5) is 28.9. The van der Waals surface area contributed by atoms with Gasteiger partial charge in [0.25, 0.3) is 5.56 Å². The van der Waals surface area contributed by atoms with Crippen molar-refractivity contribution < 1.29 is 4.79 Å². The van der Waals surface area contributed by atoms with Crippen LogP contribution in [0.5, 0.6) is 0 Å². The van der Waals surface area contributed by atoms with E-state index in [0.29, 0.717) is 17.6 Å². The van der Waals surface area contributed by atoms with Crippen molar-refractivity contribution in [1.29, 1.82) is 0 Å². The molecular formula is C17H27N5O2. The lowest BCUT2D eigenvalue weighted by Gasteiger charge is -2.26. The molecule has 2 aromatic rings. The fourth-order valence-electron chi connectivity index (χ4n) is 2.91. The Balaban J connectivity index is 2.25. The molecule has 132 valence electrons. The van der Waals surface area contributed by atoms with Crippen molar-refractivity contribution in [2.75, 3.05) is 6.54 Å². The number of nitrogens with one attached hydrogen (secondary N) is 2. The monoisotopic (exact) mass is 333 g/mol. The molecule has 0 bridgehead atoms. The highest BCUT2D eigenvalue weighted by Crippen LogP contribution is 2.20. The number of nitrogens with two attached hydrogens (primary N) is 1. The maximum absolute atomic E-state index is 12.3. The minimum atomic E-state index is -0.376. The van der Waals surface area contributed by atoms with Crippen LogP contribution in [0.15, 0.2) is 4.79 Å². The van der Waals surface area contributed by atoms with Gasteiger partial charge in [-0.25, -0.2) is 4.98 Å². The van der Waals surface area contributed by atoms with E-state index in [2.05, 4.69) is 15.4 Å². The van der Waals surface area contributed by atoms with E-state index in [1.807, 2.05) is 27.7 Å². The van der Waals surface area contributed by atoms with E-state index in [0.717, 1.165) is 29.7 Å². The number of pyridine rings is 1. The molecule has 7 nitrogen and oxygen atoms in total. The van der Waals surface area contributed by atoms with Crippen molar-refractivity contribution >= 4 is 16.9 Å². The van der Waals surface area contributed by atoms with Crippen molar-refractivity contribution in [1.82, 2.24) is 20.1 Å². The summed E-state index contributed by atoms with van der Waals surface area (Å²) in [5, 5.41) is 6.16. The summed E-state index contributed by atoms with van der Waals surface area (Å²) in [7, 11) is 1.75. The third-order valence-corrected chi connectivity index (χ3v) is 4.96. The first-order valence-electron chi connectivity index (χ1n) is 8.32. The van der Waals surface area contributed by atoms with Crippen LogP contribution in [0.4, 0.5) is 0 Å². The summed E-state index contributed by atoms with van der Waals surface area (Å²) < 4.78 is 1.60. The van der Waals surface area contributed by atoms with Crippen LogP contribution in [0.2, 0.25) is 0 Å². The first kappa shape index (κ1) is 18.2. The first-order valence-corrected chi connectivity index (χ1v) is 8.32. The fraction of sp³-hybridized carbons (Fsp3) is 0.588.